The molecule has 0 saturated carbocycles. The van der Waals surface area contributed by atoms with E-state index in [1.165, 1.54) is 7.11 Å². The van der Waals surface area contributed by atoms with Gasteiger partial charge in [-0.1, -0.05) is 23.7 Å². The van der Waals surface area contributed by atoms with Gasteiger partial charge in [0.15, 0.2) is 0 Å². The van der Waals surface area contributed by atoms with E-state index in [-0.39, 0.29) is 24.5 Å². The summed E-state index contributed by atoms with van der Waals surface area (Å²) in [5.74, 6) is 0.159. The van der Waals surface area contributed by atoms with Gasteiger partial charge in [0.2, 0.25) is 11.9 Å². The largest absolute Gasteiger partial charge is 0.375 e. The summed E-state index contributed by atoms with van der Waals surface area (Å²) in [6.07, 6.45) is 4.54. The highest BCUT2D eigenvalue weighted by molar-refractivity contribution is 6.30. The van der Waals surface area contributed by atoms with Crippen LogP contribution in [0.1, 0.15) is 31.0 Å². The minimum Gasteiger partial charge on any atom is -0.375 e. The van der Waals surface area contributed by atoms with Crippen LogP contribution in [-0.2, 0) is 9.53 Å². The van der Waals surface area contributed by atoms with E-state index in [9.17, 15) is 4.79 Å². The van der Waals surface area contributed by atoms with E-state index in [1.807, 2.05) is 29.2 Å². The van der Waals surface area contributed by atoms with Crippen molar-refractivity contribution in [2.45, 2.75) is 25.3 Å². The molecule has 3 rings (SSSR count). The Bertz CT molecular complexity index is 768. The number of hydrogen-bond donors (Lipinski definition) is 1. The van der Waals surface area contributed by atoms with E-state index in [4.69, 9.17) is 22.1 Å². The van der Waals surface area contributed by atoms with Crippen LogP contribution in [0.3, 0.4) is 0 Å². The zero-order valence-corrected chi connectivity index (χ0v) is 14.9. The smallest absolute Gasteiger partial charge is 0.249 e. The van der Waals surface area contributed by atoms with Gasteiger partial charge in [-0.25, -0.2) is 9.97 Å². The molecule has 1 aromatic carbocycles. The number of hydrogen-bond acceptors (Lipinski definition) is 5. The molecular weight excluding hydrogens is 340 g/mol. The number of methoxy groups -OCH3 is 1. The summed E-state index contributed by atoms with van der Waals surface area (Å²) in [5.41, 5.74) is 8.36. The number of nitrogen functional groups attached to an aromatic ring is 1. The van der Waals surface area contributed by atoms with Gasteiger partial charge in [0.05, 0.1) is 11.7 Å². The van der Waals surface area contributed by atoms with E-state index in [0.717, 1.165) is 36.1 Å². The highest BCUT2D eigenvalue weighted by atomic mass is 35.5. The number of carbonyl (C=O) groups is 1. The molecule has 0 aliphatic carbocycles. The summed E-state index contributed by atoms with van der Waals surface area (Å²) in [6, 6.07) is 7.37. The first-order valence-electron chi connectivity index (χ1n) is 8.27. The van der Waals surface area contributed by atoms with Crippen LogP contribution in [0.2, 0.25) is 5.02 Å². The maximum Gasteiger partial charge on any atom is 0.249 e. The number of nitrogens with two attached hydrogens (primary N) is 1. The van der Waals surface area contributed by atoms with Crippen LogP contribution in [0.4, 0.5) is 5.95 Å². The molecule has 1 aromatic heterocycles. The molecule has 1 aliphatic rings. The van der Waals surface area contributed by atoms with Crippen molar-refractivity contribution in [2.24, 2.45) is 0 Å². The monoisotopic (exact) mass is 360 g/mol. The Morgan fingerprint density at radius 1 is 1.44 bits per heavy atom. The Morgan fingerprint density at radius 2 is 2.28 bits per heavy atom. The summed E-state index contributed by atoms with van der Waals surface area (Å²) in [4.78, 5) is 22.9. The maximum absolute atomic E-state index is 12.5. The first-order chi connectivity index (χ1) is 12.1. The van der Waals surface area contributed by atoms with Gasteiger partial charge in [0.25, 0.3) is 0 Å². The quantitative estimate of drug-likeness (QED) is 0.906. The third kappa shape index (κ3) is 3.91. The Balaban J connectivity index is 2.05. The van der Waals surface area contributed by atoms with Crippen molar-refractivity contribution < 1.29 is 9.53 Å². The summed E-state index contributed by atoms with van der Waals surface area (Å²) < 4.78 is 5.03. The minimum absolute atomic E-state index is 0.0403. The van der Waals surface area contributed by atoms with Gasteiger partial charge in [-0.2, -0.15) is 0 Å². The number of benzene rings is 1. The lowest BCUT2D eigenvalue weighted by Gasteiger charge is -2.36. The lowest BCUT2D eigenvalue weighted by atomic mass is 9.94. The van der Waals surface area contributed by atoms with Gasteiger partial charge in [-0.15, -0.1) is 0 Å². The van der Waals surface area contributed by atoms with Gasteiger partial charge in [0, 0.05) is 30.4 Å². The van der Waals surface area contributed by atoms with E-state index in [0.29, 0.717) is 11.6 Å². The van der Waals surface area contributed by atoms with Crippen molar-refractivity contribution in [1.82, 2.24) is 14.9 Å². The molecule has 6 nitrogen and oxygen atoms in total. The number of ether oxygens (including phenoxy) is 1. The number of aromatic nitrogens is 2. The van der Waals surface area contributed by atoms with Crippen molar-refractivity contribution >= 4 is 23.5 Å². The molecule has 25 heavy (non-hydrogen) atoms. The number of likely N-dealkylation sites (tertiary alicyclic amines) is 1. The first kappa shape index (κ1) is 17.6. The van der Waals surface area contributed by atoms with E-state index in [1.54, 1.807) is 6.20 Å². The fourth-order valence-electron chi connectivity index (χ4n) is 3.26. The molecule has 7 heteroatoms. The van der Waals surface area contributed by atoms with Crippen LogP contribution in [-0.4, -0.2) is 41.0 Å². The Labute approximate surface area is 152 Å². The molecule has 0 unspecified atom stereocenters. The van der Waals surface area contributed by atoms with Gasteiger partial charge < -0.3 is 15.4 Å². The van der Waals surface area contributed by atoms with Gasteiger partial charge >= 0.3 is 0 Å². The normalized spacial score (nSPS) is 17.5. The van der Waals surface area contributed by atoms with Crippen molar-refractivity contribution in [3.8, 4) is 11.1 Å². The number of amides is 1. The summed E-state index contributed by atoms with van der Waals surface area (Å²) in [7, 11) is 1.52. The standard InChI is InChI=1S/C18H21ClN4O2/c1-25-11-16(24)23-8-3-2-7-15(23)17-14(10-21-18(20)22-17)12-5-4-6-13(19)9-12/h4-6,9-10,15H,2-3,7-8,11H2,1H3,(H2,20,21,22)/t15-/m1/s1. The second-order valence-electron chi connectivity index (χ2n) is 6.07. The number of anilines is 1. The topological polar surface area (TPSA) is 81.3 Å². The minimum atomic E-state index is -0.143. The van der Waals surface area contributed by atoms with Gasteiger partial charge in [-0.05, 0) is 37.0 Å². The van der Waals surface area contributed by atoms with Crippen molar-refractivity contribution in [1.29, 1.82) is 0 Å². The highest BCUT2D eigenvalue weighted by Gasteiger charge is 2.31. The molecule has 1 saturated heterocycles. The molecule has 0 spiro atoms. The van der Waals surface area contributed by atoms with Crippen LogP contribution >= 0.6 is 11.6 Å². The third-order valence-corrected chi connectivity index (χ3v) is 4.61. The average Bonchev–Trinajstić information content (AvgIpc) is 2.62. The molecule has 132 valence electrons. The molecule has 1 aliphatic heterocycles. The summed E-state index contributed by atoms with van der Waals surface area (Å²) in [6.45, 7) is 0.745. The van der Waals surface area contributed by atoms with Crippen LogP contribution in [0, 0.1) is 0 Å². The highest BCUT2D eigenvalue weighted by Crippen LogP contribution is 2.36. The van der Waals surface area contributed by atoms with Crippen molar-refractivity contribution in [2.75, 3.05) is 26.0 Å². The van der Waals surface area contributed by atoms with E-state index in [2.05, 4.69) is 9.97 Å². The summed E-state index contributed by atoms with van der Waals surface area (Å²) >= 11 is 6.14. The molecule has 2 aromatic rings. The number of nitrogens with zero attached hydrogens (tertiary/aromatic N) is 3. The fraction of sp³-hybridized carbons (Fsp3) is 0.389. The molecule has 1 atom stereocenters. The van der Waals surface area contributed by atoms with Crippen LogP contribution in [0.15, 0.2) is 30.5 Å². The summed E-state index contributed by atoms with van der Waals surface area (Å²) in [5, 5.41) is 0.635. The predicted octanol–water partition coefficient (Wildman–Crippen LogP) is 3.08. The van der Waals surface area contributed by atoms with E-state index < -0.39 is 0 Å². The van der Waals surface area contributed by atoms with Gasteiger partial charge in [0.1, 0.15) is 6.61 Å². The molecule has 1 amide bonds. The number of carbonyl (C=O) groups excluding carboxylic acids is 1. The molecule has 2 heterocycles. The van der Waals surface area contributed by atoms with Crippen LogP contribution in [0.25, 0.3) is 11.1 Å². The second kappa shape index (κ2) is 7.80. The second-order valence-corrected chi connectivity index (χ2v) is 6.51. The van der Waals surface area contributed by atoms with Crippen molar-refractivity contribution in [3.63, 3.8) is 0 Å². The van der Waals surface area contributed by atoms with Crippen LogP contribution in [0.5, 0.6) is 0 Å². The number of halogens is 1. The van der Waals surface area contributed by atoms with Crippen LogP contribution < -0.4 is 5.73 Å². The number of rotatable bonds is 4. The first-order valence-corrected chi connectivity index (χ1v) is 8.64. The SMILES string of the molecule is COCC(=O)N1CCCC[C@@H]1c1nc(N)ncc1-c1cccc(Cl)c1. The molecule has 1 fully saturated rings. The molecule has 2 N–H and O–H groups in total. The zero-order chi connectivity index (χ0) is 17.8. The van der Waals surface area contributed by atoms with Crippen molar-refractivity contribution in [3.05, 3.63) is 41.2 Å². The molecular formula is C18H21ClN4O2. The average molecular weight is 361 g/mol. The van der Waals surface area contributed by atoms with Gasteiger partial charge in [-0.3, -0.25) is 4.79 Å². The third-order valence-electron chi connectivity index (χ3n) is 4.38. The molecule has 0 bridgehead atoms. The predicted molar refractivity (Wildman–Crippen MR) is 97.1 cm³/mol. The maximum atomic E-state index is 12.5. The number of piperidine rings is 1. The Morgan fingerprint density at radius 3 is 3.04 bits per heavy atom. The molecule has 0 radical (unpaired) electrons. The zero-order valence-electron chi connectivity index (χ0n) is 14.1. The Hall–Kier alpha value is -2.18. The Kier molecular flexibility index (Phi) is 5.50. The lowest BCUT2D eigenvalue weighted by molar-refractivity contribution is -0.139. The van der Waals surface area contributed by atoms with E-state index >= 15 is 0 Å². The lowest BCUT2D eigenvalue weighted by Crippen LogP contribution is -2.41. The fourth-order valence-corrected chi connectivity index (χ4v) is 3.45.